The van der Waals surface area contributed by atoms with Crippen LogP contribution < -0.4 is 0 Å². The van der Waals surface area contributed by atoms with Gasteiger partial charge in [-0.1, -0.05) is 34.1 Å². The molecule has 0 radical (unpaired) electrons. The predicted molar refractivity (Wildman–Crippen MR) is 116 cm³/mol. The average Bonchev–Trinajstić information content (AvgIpc) is 2.62. The van der Waals surface area contributed by atoms with E-state index in [0.717, 1.165) is 27.0 Å². The minimum Gasteiger partial charge on any atom is -0.258 e. The van der Waals surface area contributed by atoms with Crippen LogP contribution in [0.25, 0.3) is 0 Å². The molecule has 3 aromatic rings. The molecule has 0 fully saturated rings. The molecule has 0 N–H and O–H groups in total. The van der Waals surface area contributed by atoms with Crippen molar-refractivity contribution in [2.45, 2.75) is 25.9 Å². The molecule has 142 valence electrons. The smallest absolute Gasteiger partial charge is 0.258 e. The zero-order valence-corrected chi connectivity index (χ0v) is 17.9. The van der Waals surface area contributed by atoms with Gasteiger partial charge in [0.15, 0.2) is 5.16 Å². The Morgan fingerprint density at radius 3 is 2.29 bits per heavy atom. The van der Waals surface area contributed by atoms with Crippen molar-refractivity contribution in [2.24, 2.45) is 4.99 Å². The molecule has 2 aromatic carbocycles. The molecule has 0 saturated carbocycles. The van der Waals surface area contributed by atoms with E-state index in [9.17, 15) is 10.1 Å². The lowest BCUT2D eigenvalue weighted by atomic mass is 10.2. The van der Waals surface area contributed by atoms with E-state index in [1.807, 2.05) is 51.1 Å². The first-order valence-electron chi connectivity index (χ1n) is 8.41. The number of nitrogens with zero attached hydrogens (tertiary/aromatic N) is 4. The average molecular weight is 457 g/mol. The summed E-state index contributed by atoms with van der Waals surface area (Å²) in [5.74, 6) is 0. The molecule has 1 heterocycles. The lowest BCUT2D eigenvalue weighted by Crippen LogP contribution is -2.00. The summed E-state index contributed by atoms with van der Waals surface area (Å²) in [6.45, 7) is 5.71. The van der Waals surface area contributed by atoms with Crippen molar-refractivity contribution < 1.29 is 4.92 Å². The second-order valence-corrected chi connectivity index (χ2v) is 8.06. The third-order valence-corrected chi connectivity index (χ3v) is 5.28. The van der Waals surface area contributed by atoms with Crippen LogP contribution in [0.3, 0.4) is 0 Å². The largest absolute Gasteiger partial charge is 0.271 e. The summed E-state index contributed by atoms with van der Waals surface area (Å²) in [5, 5.41) is 12.4. The monoisotopic (exact) mass is 456 g/mol. The third kappa shape index (κ3) is 5.02. The number of nitro benzene ring substituents is 1. The molecule has 0 amide bonds. The first-order chi connectivity index (χ1) is 13.3. The van der Waals surface area contributed by atoms with Crippen LogP contribution >= 0.6 is 27.7 Å². The van der Waals surface area contributed by atoms with E-state index in [1.165, 1.54) is 23.9 Å². The molecule has 1 aromatic heterocycles. The number of halogens is 1. The fraction of sp³-hybridized carbons (Fsp3) is 0.150. The molecule has 0 atom stereocenters. The Morgan fingerprint density at radius 2 is 1.68 bits per heavy atom. The Bertz CT molecular complexity index is 1050. The maximum atomic E-state index is 11.2. The summed E-state index contributed by atoms with van der Waals surface area (Å²) in [5.41, 5.74) is 4.02. The zero-order chi connectivity index (χ0) is 20.3. The van der Waals surface area contributed by atoms with E-state index in [0.29, 0.717) is 15.9 Å². The van der Waals surface area contributed by atoms with Gasteiger partial charge in [0.1, 0.15) is 5.04 Å². The maximum absolute atomic E-state index is 11.2. The van der Waals surface area contributed by atoms with Crippen molar-refractivity contribution >= 4 is 44.1 Å². The summed E-state index contributed by atoms with van der Waals surface area (Å²) < 4.78 is 0.953. The van der Waals surface area contributed by atoms with Crippen molar-refractivity contribution in [3.05, 3.63) is 85.6 Å². The predicted octanol–water partition coefficient (Wildman–Crippen LogP) is 5.94. The van der Waals surface area contributed by atoms with E-state index in [2.05, 4.69) is 25.9 Å². The molecule has 0 aliphatic carbocycles. The van der Waals surface area contributed by atoms with Gasteiger partial charge in [-0.25, -0.2) is 15.0 Å². The van der Waals surface area contributed by atoms with E-state index >= 15 is 0 Å². The topological polar surface area (TPSA) is 81.3 Å². The summed E-state index contributed by atoms with van der Waals surface area (Å²) in [4.78, 5) is 24.4. The highest BCUT2D eigenvalue weighted by molar-refractivity contribution is 9.10. The third-order valence-electron chi connectivity index (χ3n) is 3.87. The van der Waals surface area contributed by atoms with Gasteiger partial charge in [0, 0.05) is 33.6 Å². The highest BCUT2D eigenvalue weighted by atomic mass is 79.9. The fourth-order valence-electron chi connectivity index (χ4n) is 2.51. The maximum Gasteiger partial charge on any atom is 0.271 e. The normalized spacial score (nSPS) is 11.5. The van der Waals surface area contributed by atoms with E-state index in [4.69, 9.17) is 4.99 Å². The molecular weight excluding hydrogens is 440 g/mol. The molecule has 0 aliphatic heterocycles. The van der Waals surface area contributed by atoms with Crippen LogP contribution in [0, 0.1) is 30.9 Å². The van der Waals surface area contributed by atoms with Crippen LogP contribution in [0.2, 0.25) is 0 Å². The van der Waals surface area contributed by atoms with Crippen molar-refractivity contribution in [1.82, 2.24) is 9.97 Å². The van der Waals surface area contributed by atoms with Gasteiger partial charge in [0.05, 0.1) is 10.6 Å². The van der Waals surface area contributed by atoms with Gasteiger partial charge < -0.3 is 0 Å². The Kier molecular flexibility index (Phi) is 6.21. The van der Waals surface area contributed by atoms with E-state index in [1.54, 1.807) is 6.07 Å². The van der Waals surface area contributed by atoms with Crippen LogP contribution in [-0.4, -0.2) is 19.9 Å². The summed E-state index contributed by atoms with van der Waals surface area (Å²) >= 11 is 4.77. The number of hydrogen-bond donors (Lipinski definition) is 0. The SMILES string of the molecule is Cc1cc(C)nc(SC(=Nc2cc([N+](=O)[O-])ccc2C)c2ccc(Br)cc2)n1. The highest BCUT2D eigenvalue weighted by Gasteiger charge is 2.13. The van der Waals surface area contributed by atoms with E-state index in [-0.39, 0.29) is 5.69 Å². The molecule has 0 aliphatic rings. The van der Waals surface area contributed by atoms with Gasteiger partial charge in [0.2, 0.25) is 0 Å². The molecule has 0 saturated heterocycles. The van der Waals surface area contributed by atoms with Crippen LogP contribution in [0.5, 0.6) is 0 Å². The number of thioether (sulfide) groups is 1. The number of hydrogen-bond acceptors (Lipinski definition) is 6. The van der Waals surface area contributed by atoms with Crippen LogP contribution in [0.1, 0.15) is 22.5 Å². The number of nitro groups is 1. The fourth-order valence-corrected chi connectivity index (χ4v) is 3.72. The Labute approximate surface area is 175 Å². The van der Waals surface area contributed by atoms with Gasteiger partial charge >= 0.3 is 0 Å². The molecular formula is C20H17BrN4O2S. The second kappa shape index (κ2) is 8.62. The number of aryl methyl sites for hydroxylation is 3. The van der Waals surface area contributed by atoms with Crippen molar-refractivity contribution in [2.75, 3.05) is 0 Å². The van der Waals surface area contributed by atoms with Crippen LogP contribution in [0.15, 0.2) is 63.2 Å². The summed E-state index contributed by atoms with van der Waals surface area (Å²) in [6.07, 6.45) is 0. The first kappa shape index (κ1) is 20.2. The van der Waals surface area contributed by atoms with Crippen molar-refractivity contribution in [3.63, 3.8) is 0 Å². The second-order valence-electron chi connectivity index (χ2n) is 6.19. The minimum absolute atomic E-state index is 0.00663. The summed E-state index contributed by atoms with van der Waals surface area (Å²) in [6, 6.07) is 14.3. The number of aliphatic imine (C=N–C) groups is 1. The number of non-ortho nitro benzene ring substituents is 1. The lowest BCUT2D eigenvalue weighted by Gasteiger charge is -2.09. The lowest BCUT2D eigenvalue weighted by molar-refractivity contribution is -0.384. The van der Waals surface area contributed by atoms with Crippen molar-refractivity contribution in [1.29, 1.82) is 0 Å². The van der Waals surface area contributed by atoms with Gasteiger partial charge in [-0.2, -0.15) is 0 Å². The summed E-state index contributed by atoms with van der Waals surface area (Å²) in [7, 11) is 0. The van der Waals surface area contributed by atoms with Crippen LogP contribution in [0.4, 0.5) is 11.4 Å². The Morgan fingerprint density at radius 1 is 1.04 bits per heavy atom. The minimum atomic E-state index is -0.419. The van der Waals surface area contributed by atoms with Gasteiger partial charge in [0.25, 0.3) is 5.69 Å². The number of benzene rings is 2. The zero-order valence-electron chi connectivity index (χ0n) is 15.5. The molecule has 0 bridgehead atoms. The standard InChI is InChI=1S/C20H17BrN4O2S/c1-12-4-9-17(25(26)27)11-18(12)24-19(15-5-7-16(21)8-6-15)28-20-22-13(2)10-14(3)23-20/h4-11H,1-3H3. The van der Waals surface area contributed by atoms with E-state index < -0.39 is 4.92 Å². The molecule has 3 rings (SSSR count). The quantitative estimate of drug-likeness (QED) is 0.121. The van der Waals surface area contributed by atoms with Gasteiger partial charge in [-0.3, -0.25) is 10.1 Å². The Balaban J connectivity index is 2.10. The van der Waals surface area contributed by atoms with Crippen LogP contribution in [-0.2, 0) is 0 Å². The highest BCUT2D eigenvalue weighted by Crippen LogP contribution is 2.30. The molecule has 0 spiro atoms. The molecule has 6 nitrogen and oxygen atoms in total. The molecule has 28 heavy (non-hydrogen) atoms. The van der Waals surface area contributed by atoms with Crippen molar-refractivity contribution in [3.8, 4) is 0 Å². The van der Waals surface area contributed by atoms with Gasteiger partial charge in [-0.15, -0.1) is 0 Å². The number of rotatable bonds is 4. The number of aromatic nitrogens is 2. The Hall–Kier alpha value is -2.58. The van der Waals surface area contributed by atoms with Gasteiger partial charge in [-0.05, 0) is 56.3 Å². The first-order valence-corrected chi connectivity index (χ1v) is 10.0. The molecule has 8 heteroatoms. The molecule has 0 unspecified atom stereocenters.